The zero-order chi connectivity index (χ0) is 22.1. The van der Waals surface area contributed by atoms with Crippen LogP contribution in [0.15, 0.2) is 54.2 Å². The van der Waals surface area contributed by atoms with Gasteiger partial charge in [0.1, 0.15) is 0 Å². The maximum atomic E-state index is 12.9. The molecule has 7 nitrogen and oxygen atoms in total. The van der Waals surface area contributed by atoms with Crippen LogP contribution < -0.4 is 4.90 Å². The number of rotatable bonds is 4. The van der Waals surface area contributed by atoms with E-state index in [1.165, 1.54) is 11.3 Å². The van der Waals surface area contributed by atoms with Crippen LogP contribution in [0.2, 0.25) is 0 Å². The first-order valence-corrected chi connectivity index (χ1v) is 11.7. The largest absolute Gasteiger partial charge is 0.334 e. The fourth-order valence-electron chi connectivity index (χ4n) is 4.46. The molecule has 1 unspecified atom stereocenters. The Labute approximate surface area is 191 Å². The minimum absolute atomic E-state index is 0.00495. The number of benzene rings is 1. The standard InChI is InChI=1S/C24H25N5O2S/c1-17-5-6-25-21(13-17)18-3-2-4-19(14-18)29-16-20(15-22(29)30)27-8-10-28(11-9-27)24(31)23-26-7-12-32-23/h2-7,12-14,20H,8-11,15-16H2,1H3. The van der Waals surface area contributed by atoms with Crippen LogP contribution in [0.1, 0.15) is 21.8 Å². The van der Waals surface area contributed by atoms with Gasteiger partial charge in [0.15, 0.2) is 5.01 Å². The van der Waals surface area contributed by atoms with Gasteiger partial charge in [-0.25, -0.2) is 4.98 Å². The quantitative estimate of drug-likeness (QED) is 0.615. The molecule has 5 rings (SSSR count). The molecular formula is C24H25N5O2S. The Kier molecular flexibility index (Phi) is 5.71. The summed E-state index contributed by atoms with van der Waals surface area (Å²) in [4.78, 5) is 40.1. The number of pyridine rings is 1. The zero-order valence-electron chi connectivity index (χ0n) is 18.0. The smallest absolute Gasteiger partial charge is 0.282 e. The number of carbonyl (C=O) groups excluding carboxylic acids is 2. The molecule has 0 radical (unpaired) electrons. The molecule has 164 valence electrons. The lowest BCUT2D eigenvalue weighted by molar-refractivity contribution is -0.117. The molecule has 2 aromatic heterocycles. The number of aromatic nitrogens is 2. The highest BCUT2D eigenvalue weighted by atomic mass is 32.1. The van der Waals surface area contributed by atoms with Crippen molar-refractivity contribution in [2.75, 3.05) is 37.6 Å². The molecule has 2 amide bonds. The van der Waals surface area contributed by atoms with Crippen LogP contribution in [0.3, 0.4) is 0 Å². The van der Waals surface area contributed by atoms with Gasteiger partial charge in [-0.2, -0.15) is 0 Å². The molecule has 4 heterocycles. The van der Waals surface area contributed by atoms with Gasteiger partial charge in [-0.1, -0.05) is 12.1 Å². The predicted octanol–water partition coefficient (Wildman–Crippen LogP) is 3.08. The number of nitrogens with zero attached hydrogens (tertiary/aromatic N) is 5. The van der Waals surface area contributed by atoms with Crippen molar-refractivity contribution in [2.24, 2.45) is 0 Å². The van der Waals surface area contributed by atoms with E-state index in [9.17, 15) is 9.59 Å². The third-order valence-electron chi connectivity index (χ3n) is 6.21. The Hall–Kier alpha value is -3.10. The van der Waals surface area contributed by atoms with Crippen LogP contribution in [0, 0.1) is 6.92 Å². The van der Waals surface area contributed by atoms with Crippen LogP contribution in [0.25, 0.3) is 11.3 Å². The number of carbonyl (C=O) groups is 2. The summed E-state index contributed by atoms with van der Waals surface area (Å²) in [5, 5.41) is 2.37. The molecule has 0 saturated carbocycles. The molecule has 2 fully saturated rings. The molecule has 2 aliphatic heterocycles. The number of anilines is 1. The number of hydrogen-bond acceptors (Lipinski definition) is 6. The molecule has 1 aromatic carbocycles. The predicted molar refractivity (Wildman–Crippen MR) is 125 cm³/mol. The molecule has 2 saturated heterocycles. The summed E-state index contributed by atoms with van der Waals surface area (Å²) >= 11 is 1.38. The Morgan fingerprint density at radius 3 is 2.66 bits per heavy atom. The summed E-state index contributed by atoms with van der Waals surface area (Å²) in [6.07, 6.45) is 3.98. The molecule has 0 bridgehead atoms. The molecule has 3 aromatic rings. The van der Waals surface area contributed by atoms with Crippen LogP contribution >= 0.6 is 11.3 Å². The topological polar surface area (TPSA) is 69.6 Å². The Morgan fingerprint density at radius 1 is 1.06 bits per heavy atom. The molecule has 1 atom stereocenters. The lowest BCUT2D eigenvalue weighted by Crippen LogP contribution is -2.52. The molecule has 2 aliphatic rings. The van der Waals surface area contributed by atoms with E-state index < -0.39 is 0 Å². The van der Waals surface area contributed by atoms with Gasteiger partial charge in [-0.15, -0.1) is 11.3 Å². The zero-order valence-corrected chi connectivity index (χ0v) is 18.8. The van der Waals surface area contributed by atoms with Crippen molar-refractivity contribution in [3.8, 4) is 11.3 Å². The molecule has 32 heavy (non-hydrogen) atoms. The highest BCUT2D eigenvalue weighted by Crippen LogP contribution is 2.29. The van der Waals surface area contributed by atoms with Crippen LogP contribution in [0.4, 0.5) is 5.69 Å². The lowest BCUT2D eigenvalue weighted by Gasteiger charge is -2.37. The van der Waals surface area contributed by atoms with E-state index in [0.717, 1.165) is 35.6 Å². The van der Waals surface area contributed by atoms with Crippen LogP contribution in [-0.2, 0) is 4.79 Å². The van der Waals surface area contributed by atoms with Crippen LogP contribution in [-0.4, -0.2) is 70.3 Å². The average molecular weight is 448 g/mol. The van der Waals surface area contributed by atoms with Crippen molar-refractivity contribution >= 4 is 28.8 Å². The monoisotopic (exact) mass is 447 g/mol. The lowest BCUT2D eigenvalue weighted by atomic mass is 10.1. The molecule has 0 aliphatic carbocycles. The second-order valence-electron chi connectivity index (χ2n) is 8.30. The molecular weight excluding hydrogens is 422 g/mol. The number of amides is 2. The van der Waals surface area contributed by atoms with Gasteiger partial charge in [0.25, 0.3) is 5.91 Å². The molecule has 0 N–H and O–H groups in total. The summed E-state index contributed by atoms with van der Waals surface area (Å²) in [5.41, 5.74) is 3.99. The van der Waals surface area contributed by atoms with Gasteiger partial charge in [-0.3, -0.25) is 19.5 Å². The van der Waals surface area contributed by atoms with E-state index in [2.05, 4.69) is 20.9 Å². The first kappa shape index (κ1) is 20.8. The third kappa shape index (κ3) is 4.16. The van der Waals surface area contributed by atoms with Gasteiger partial charge in [0.2, 0.25) is 5.91 Å². The molecule has 0 spiro atoms. The maximum Gasteiger partial charge on any atom is 0.282 e. The highest BCUT2D eigenvalue weighted by Gasteiger charge is 2.36. The Balaban J connectivity index is 1.24. The first-order valence-electron chi connectivity index (χ1n) is 10.8. The number of aryl methyl sites for hydroxylation is 1. The molecule has 8 heteroatoms. The average Bonchev–Trinajstić information content (AvgIpc) is 3.49. The summed E-state index contributed by atoms with van der Waals surface area (Å²) in [6, 6.07) is 12.3. The normalized spacial score (nSPS) is 19.5. The minimum Gasteiger partial charge on any atom is -0.334 e. The van der Waals surface area contributed by atoms with Gasteiger partial charge < -0.3 is 9.80 Å². The van der Waals surface area contributed by atoms with E-state index in [1.807, 2.05) is 58.6 Å². The second-order valence-corrected chi connectivity index (χ2v) is 9.19. The van der Waals surface area contributed by atoms with Crippen molar-refractivity contribution in [1.29, 1.82) is 0 Å². The number of thiazole rings is 1. The fraction of sp³-hybridized carbons (Fsp3) is 0.333. The minimum atomic E-state index is 0.00495. The highest BCUT2D eigenvalue weighted by molar-refractivity contribution is 7.11. The Bertz CT molecular complexity index is 1120. The number of piperazine rings is 1. The van der Waals surface area contributed by atoms with E-state index in [0.29, 0.717) is 31.1 Å². The first-order chi connectivity index (χ1) is 15.6. The fourth-order valence-corrected chi connectivity index (χ4v) is 5.07. The van der Waals surface area contributed by atoms with Crippen molar-refractivity contribution < 1.29 is 9.59 Å². The van der Waals surface area contributed by atoms with Gasteiger partial charge in [0.05, 0.1) is 5.69 Å². The third-order valence-corrected chi connectivity index (χ3v) is 6.97. The summed E-state index contributed by atoms with van der Waals surface area (Å²) in [6.45, 7) is 5.60. The van der Waals surface area contributed by atoms with Crippen molar-refractivity contribution in [3.05, 3.63) is 64.7 Å². The van der Waals surface area contributed by atoms with Crippen molar-refractivity contribution in [1.82, 2.24) is 19.8 Å². The van der Waals surface area contributed by atoms with E-state index >= 15 is 0 Å². The van der Waals surface area contributed by atoms with Gasteiger partial charge in [0, 0.05) is 74.2 Å². The summed E-state index contributed by atoms with van der Waals surface area (Å²) < 4.78 is 0. The van der Waals surface area contributed by atoms with E-state index in [-0.39, 0.29) is 17.9 Å². The number of hydrogen-bond donors (Lipinski definition) is 0. The maximum absolute atomic E-state index is 12.9. The summed E-state index contributed by atoms with van der Waals surface area (Å²) in [5.74, 6) is 0.149. The summed E-state index contributed by atoms with van der Waals surface area (Å²) in [7, 11) is 0. The van der Waals surface area contributed by atoms with Gasteiger partial charge >= 0.3 is 0 Å². The second kappa shape index (κ2) is 8.80. The van der Waals surface area contributed by atoms with E-state index in [1.54, 1.807) is 6.20 Å². The van der Waals surface area contributed by atoms with Crippen molar-refractivity contribution in [3.63, 3.8) is 0 Å². The van der Waals surface area contributed by atoms with Crippen molar-refractivity contribution in [2.45, 2.75) is 19.4 Å². The SMILES string of the molecule is Cc1ccnc(-c2cccc(N3CC(N4CCN(C(=O)c5nccs5)CC4)CC3=O)c2)c1. The van der Waals surface area contributed by atoms with Crippen LogP contribution in [0.5, 0.6) is 0 Å². The van der Waals surface area contributed by atoms with E-state index in [4.69, 9.17) is 0 Å². The Morgan fingerprint density at radius 2 is 1.91 bits per heavy atom. The van der Waals surface area contributed by atoms with Gasteiger partial charge in [-0.05, 0) is 36.8 Å².